The number of nitrogens with zero attached hydrogens (tertiary/aromatic N) is 16. The van der Waals surface area contributed by atoms with Crippen LogP contribution in [0.1, 0.15) is 36.8 Å². The van der Waals surface area contributed by atoms with Crippen LogP contribution in [-0.2, 0) is 67.5 Å². The van der Waals surface area contributed by atoms with Gasteiger partial charge < -0.3 is 38.5 Å². The number of halogens is 3. The number of carbonyl (C=O) groups excluding carboxylic acids is 3. The van der Waals surface area contributed by atoms with Gasteiger partial charge in [0.15, 0.2) is 22.7 Å². The number of alkyl halides is 1. The number of pyridine rings is 4. The van der Waals surface area contributed by atoms with Gasteiger partial charge in [-0.3, -0.25) is 29.2 Å². The standard InChI is InChI=1S/C20H17FN6O.C12H12FN3.C10H11N3O2.C8H7N3O2.C7H6N2.C4H7BrO2/c21-14-5-7-15(8-6-14)27-17-4-2-10-26(18(17)11-24-27)19(28)12-25-13-23-16-3-1-9-22-20(16)25;13-9-3-5-10(6-4-9)16-12-2-1-7-14-11(12)8-15-16;1-15-6-8(14)5-13-7-12-9-3-2-4-11-10(9)13;12-7(13)4-11-5-10-6-2-1-3-9-8(6)11;1-2-6-7(8-4-1)3-5-9-6;1-2-7-4(6)3-5/h1,3,5-9,11,13H,2,4,10,12H2;3-6,8,14H,1-2,7H2;2-4,7H,5-6H2,1H3;1-3,5H,4H2,(H,12,13);1-2,4-5H,3H2;2-3H2,1H3. The number of imidazole rings is 3. The van der Waals surface area contributed by atoms with Crippen LogP contribution in [0.4, 0.5) is 25.8 Å². The molecule has 0 saturated heterocycles. The van der Waals surface area contributed by atoms with Crippen LogP contribution >= 0.6 is 15.9 Å². The van der Waals surface area contributed by atoms with E-state index in [1.54, 1.807) is 106 Å². The van der Waals surface area contributed by atoms with Crippen molar-refractivity contribution >= 4 is 96.3 Å². The van der Waals surface area contributed by atoms with Crippen LogP contribution < -0.4 is 10.2 Å². The fourth-order valence-electron chi connectivity index (χ4n) is 9.41. The lowest BCUT2D eigenvalue weighted by Gasteiger charge is -2.27. The maximum Gasteiger partial charge on any atom is 0.323 e. The molecule has 9 aromatic heterocycles. The van der Waals surface area contributed by atoms with Gasteiger partial charge in [-0.2, -0.15) is 10.2 Å². The topological polar surface area (TPSA) is 275 Å². The number of ether oxygens (including phenoxy) is 2. The molecule has 0 bridgehead atoms. The van der Waals surface area contributed by atoms with E-state index < -0.39 is 5.97 Å². The van der Waals surface area contributed by atoms with Gasteiger partial charge in [0.1, 0.15) is 53.2 Å². The normalized spacial score (nSPS) is 12.4. The molecular formula is C61H60BrF2N17O7. The minimum atomic E-state index is -0.898. The molecule has 452 valence electrons. The summed E-state index contributed by atoms with van der Waals surface area (Å²) in [6, 6.07) is 27.4. The number of benzene rings is 2. The van der Waals surface area contributed by atoms with Gasteiger partial charge in [-0.05, 0) is 130 Å². The van der Waals surface area contributed by atoms with E-state index in [1.807, 2.05) is 53.5 Å². The second kappa shape index (κ2) is 30.7. The molecule has 0 atom stereocenters. The van der Waals surface area contributed by atoms with Crippen molar-refractivity contribution in [1.29, 1.82) is 0 Å². The summed E-state index contributed by atoms with van der Waals surface area (Å²) in [4.78, 5) is 79.9. The second-order valence-electron chi connectivity index (χ2n) is 19.4. The number of aromatic nitrogens is 14. The van der Waals surface area contributed by atoms with Crippen LogP contribution in [0.5, 0.6) is 0 Å². The van der Waals surface area contributed by atoms with Gasteiger partial charge in [0.2, 0.25) is 5.91 Å². The van der Waals surface area contributed by atoms with E-state index >= 15 is 0 Å². The maximum atomic E-state index is 13.2. The van der Waals surface area contributed by atoms with Gasteiger partial charge >= 0.3 is 11.9 Å². The van der Waals surface area contributed by atoms with Crippen molar-refractivity contribution in [3.63, 3.8) is 0 Å². The molecule has 1 amide bonds. The third-order valence-electron chi connectivity index (χ3n) is 13.3. The summed E-state index contributed by atoms with van der Waals surface area (Å²) in [5.74, 6) is -1.65. The smallest absolute Gasteiger partial charge is 0.323 e. The first kappa shape index (κ1) is 62.3. The van der Waals surface area contributed by atoms with Crippen molar-refractivity contribution < 1.29 is 42.5 Å². The molecule has 0 aliphatic carbocycles. The number of carboxylic acid groups (broad SMARTS) is 1. The molecule has 0 saturated carbocycles. The van der Waals surface area contributed by atoms with Crippen LogP contribution in [-0.4, -0.2) is 142 Å². The van der Waals surface area contributed by atoms with E-state index in [2.05, 4.69) is 76.1 Å². The monoisotopic (exact) mass is 1260 g/mol. The molecular weight excluding hydrogens is 1200 g/mol. The Bertz CT molecular complexity index is 4170. The van der Waals surface area contributed by atoms with E-state index in [1.165, 1.54) is 48.0 Å². The summed E-state index contributed by atoms with van der Waals surface area (Å²) in [6.45, 7) is 4.31. The molecule has 88 heavy (non-hydrogen) atoms. The number of anilines is 2. The lowest BCUT2D eigenvalue weighted by molar-refractivity contribution is -0.140. The number of esters is 1. The number of ketones is 1. The number of rotatable bonds is 12. The molecule has 12 heterocycles. The van der Waals surface area contributed by atoms with Crippen molar-refractivity contribution in [2.75, 3.05) is 49.0 Å². The number of carboxylic acids is 1. The first-order valence-corrected chi connectivity index (χ1v) is 28.9. The summed E-state index contributed by atoms with van der Waals surface area (Å²) in [5.41, 5.74) is 12.1. The van der Waals surface area contributed by atoms with Crippen LogP contribution in [0, 0.1) is 11.6 Å². The van der Waals surface area contributed by atoms with Gasteiger partial charge in [-0.1, -0.05) is 15.9 Å². The predicted molar refractivity (Wildman–Crippen MR) is 328 cm³/mol. The second-order valence-corrected chi connectivity index (χ2v) is 19.9. The molecule has 0 spiro atoms. The molecule has 3 aliphatic heterocycles. The van der Waals surface area contributed by atoms with E-state index in [0.29, 0.717) is 35.3 Å². The van der Waals surface area contributed by atoms with Crippen LogP contribution in [0.3, 0.4) is 0 Å². The Kier molecular flexibility index (Phi) is 21.7. The zero-order chi connectivity index (χ0) is 61.8. The number of aliphatic imine (C=N–C) groups is 1. The van der Waals surface area contributed by atoms with Gasteiger partial charge in [0, 0.05) is 57.6 Å². The van der Waals surface area contributed by atoms with Crippen molar-refractivity contribution in [3.05, 3.63) is 182 Å². The number of hydrogen-bond donors (Lipinski definition) is 2. The zero-order valence-corrected chi connectivity index (χ0v) is 49.5. The van der Waals surface area contributed by atoms with Gasteiger partial charge in [-0.25, -0.2) is 48.0 Å². The summed E-state index contributed by atoms with van der Waals surface area (Å²) in [6.07, 6.45) is 21.6. The molecule has 0 radical (unpaired) electrons. The number of carbonyl (C=O) groups is 4. The highest BCUT2D eigenvalue weighted by Gasteiger charge is 2.27. The SMILES string of the molecule is C1=Nc2cccnc2C1.CCOC(=O)CBr.COCC(=O)Cn1cnc2cccnc21.Fc1ccc(-n2ncc3c2CCCN3)cc1.O=C(Cn1cnc2cccnc21)N1CCCc2c1cnn2-c1ccc(F)cc1.O=C(O)Cn1cnc2cccnc21. The number of aliphatic carboxylic acids is 1. The lowest BCUT2D eigenvalue weighted by atomic mass is 10.1. The first-order chi connectivity index (χ1) is 42.9. The quantitative estimate of drug-likeness (QED) is 0.0856. The Morgan fingerprint density at radius 2 is 1.18 bits per heavy atom. The van der Waals surface area contributed by atoms with Crippen molar-refractivity contribution in [3.8, 4) is 11.4 Å². The maximum absolute atomic E-state index is 13.2. The fourth-order valence-corrected chi connectivity index (χ4v) is 9.57. The number of fused-ring (bicyclic) bond motifs is 6. The van der Waals surface area contributed by atoms with Gasteiger partial charge in [0.05, 0.1) is 90.0 Å². The van der Waals surface area contributed by atoms with Gasteiger partial charge in [0.25, 0.3) is 0 Å². The molecule has 14 rings (SSSR count). The molecule has 2 aromatic carbocycles. The number of amides is 1. The van der Waals surface area contributed by atoms with E-state index in [-0.39, 0.29) is 55.5 Å². The number of Topliss-reactive ketones (excluding diaryl/α,β-unsaturated/α-hetero) is 1. The largest absolute Gasteiger partial charge is 0.480 e. The van der Waals surface area contributed by atoms with Gasteiger partial charge in [-0.15, -0.1) is 0 Å². The number of nitrogens with one attached hydrogen (secondary N) is 1. The highest BCUT2D eigenvalue weighted by Crippen LogP contribution is 2.30. The number of hydrogen-bond acceptors (Lipinski definition) is 17. The van der Waals surface area contributed by atoms with Crippen molar-refractivity contribution in [1.82, 2.24) is 68.2 Å². The van der Waals surface area contributed by atoms with E-state index in [9.17, 15) is 28.0 Å². The summed E-state index contributed by atoms with van der Waals surface area (Å²) < 4.78 is 44.0. The van der Waals surface area contributed by atoms with Crippen molar-refractivity contribution in [2.45, 2.75) is 58.7 Å². The lowest BCUT2D eigenvalue weighted by Crippen LogP contribution is -2.37. The molecule has 0 fully saturated rings. The average Bonchev–Trinajstić information content (AvgIpc) is 3.99. The summed E-state index contributed by atoms with van der Waals surface area (Å²) in [5, 5.41) is 20.9. The highest BCUT2D eigenvalue weighted by atomic mass is 79.9. The Morgan fingerprint density at radius 1 is 0.648 bits per heavy atom. The third kappa shape index (κ3) is 16.2. The molecule has 0 unspecified atom stereocenters. The Balaban J connectivity index is 0.000000133. The van der Waals surface area contributed by atoms with E-state index in [4.69, 9.17) is 9.84 Å². The minimum Gasteiger partial charge on any atom is -0.480 e. The molecule has 3 aliphatic rings. The van der Waals surface area contributed by atoms with Crippen LogP contribution in [0.2, 0.25) is 0 Å². The van der Waals surface area contributed by atoms with Crippen molar-refractivity contribution in [2.24, 2.45) is 4.99 Å². The van der Waals surface area contributed by atoms with E-state index in [0.717, 1.165) is 95.2 Å². The molecule has 11 aromatic rings. The summed E-state index contributed by atoms with van der Waals surface area (Å²) in [7, 11) is 1.50. The fraction of sp³-hybridized carbons (Fsp3) is 0.246. The predicted octanol–water partition coefficient (Wildman–Crippen LogP) is 8.55. The Morgan fingerprint density at radius 3 is 1.73 bits per heavy atom. The molecule has 2 N–H and O–H groups in total. The van der Waals surface area contributed by atoms with Crippen LogP contribution in [0.15, 0.2) is 158 Å². The zero-order valence-electron chi connectivity index (χ0n) is 47.9. The Hall–Kier alpha value is -10.3. The Labute approximate surface area is 510 Å². The molecule has 27 heteroatoms. The van der Waals surface area contributed by atoms with Crippen LogP contribution in [0.25, 0.3) is 44.9 Å². The average molecular weight is 1260 g/mol. The third-order valence-corrected chi connectivity index (χ3v) is 13.8. The highest BCUT2D eigenvalue weighted by molar-refractivity contribution is 9.09. The first-order valence-electron chi connectivity index (χ1n) is 27.8. The minimum absolute atomic E-state index is 0.00227. The summed E-state index contributed by atoms with van der Waals surface area (Å²) >= 11 is 2.94. The number of methoxy groups -OCH3 is 1. The molecule has 24 nitrogen and oxygen atoms in total.